The van der Waals surface area contributed by atoms with Crippen molar-refractivity contribution in [2.24, 2.45) is 10.5 Å². The summed E-state index contributed by atoms with van der Waals surface area (Å²) in [5.41, 5.74) is 2.37. The highest BCUT2D eigenvalue weighted by atomic mass is 16.5. The van der Waals surface area contributed by atoms with Gasteiger partial charge in [0.2, 0.25) is 0 Å². The summed E-state index contributed by atoms with van der Waals surface area (Å²) in [7, 11) is 1.68. The van der Waals surface area contributed by atoms with Crippen LogP contribution in [-0.2, 0) is 4.74 Å². The zero-order chi connectivity index (χ0) is 17.0. The summed E-state index contributed by atoms with van der Waals surface area (Å²) in [6, 6.07) is 6.86. The molecule has 126 valence electrons. The number of aromatic amines is 1. The molecule has 0 radical (unpaired) electrons. The molecular weight excluding hydrogens is 308 g/mol. The molecule has 0 unspecified atom stereocenters. The number of nitrogens with one attached hydrogen (secondary N) is 2. The zero-order valence-electron chi connectivity index (χ0n) is 13.5. The Labute approximate surface area is 139 Å². The molecule has 1 aromatic carbocycles. The van der Waals surface area contributed by atoms with Crippen LogP contribution in [0.2, 0.25) is 0 Å². The summed E-state index contributed by atoms with van der Waals surface area (Å²) >= 11 is 0. The van der Waals surface area contributed by atoms with E-state index >= 15 is 0 Å². The maximum absolute atomic E-state index is 12.3. The highest BCUT2D eigenvalue weighted by Gasteiger charge is 2.35. The molecule has 7 heteroatoms. The monoisotopic (exact) mass is 328 g/mol. The van der Waals surface area contributed by atoms with E-state index in [1.165, 1.54) is 0 Å². The number of benzene rings is 1. The van der Waals surface area contributed by atoms with E-state index in [2.05, 4.69) is 20.7 Å². The number of amides is 1. The Morgan fingerprint density at radius 3 is 2.83 bits per heavy atom. The van der Waals surface area contributed by atoms with Crippen LogP contribution in [-0.4, -0.2) is 36.0 Å². The van der Waals surface area contributed by atoms with Crippen molar-refractivity contribution in [3.05, 3.63) is 40.3 Å². The second-order valence-corrected chi connectivity index (χ2v) is 6.10. The standard InChI is InChI=1S/C17H20N4O3/c1-24-10-9-17(7-4-8-17)11-18-20-16(23)14-12-5-2-3-6-13(12)15(22)21-19-14/h2-3,5-6,11H,4,7-10H2,1H3,(H,20,23)(H,21,22)/b18-11+. The number of hydrogen-bond acceptors (Lipinski definition) is 5. The molecule has 1 fully saturated rings. The van der Waals surface area contributed by atoms with E-state index in [0.29, 0.717) is 17.4 Å². The van der Waals surface area contributed by atoms with Gasteiger partial charge in [-0.05, 0) is 25.3 Å². The molecule has 0 spiro atoms. The lowest BCUT2D eigenvalue weighted by Crippen LogP contribution is -2.33. The van der Waals surface area contributed by atoms with Crippen LogP contribution in [0.4, 0.5) is 0 Å². The van der Waals surface area contributed by atoms with Crippen molar-refractivity contribution in [3.63, 3.8) is 0 Å². The van der Waals surface area contributed by atoms with Gasteiger partial charge in [0.15, 0.2) is 5.69 Å². The Morgan fingerprint density at radius 1 is 1.42 bits per heavy atom. The van der Waals surface area contributed by atoms with Gasteiger partial charge >= 0.3 is 0 Å². The van der Waals surface area contributed by atoms with Gasteiger partial charge in [0.25, 0.3) is 11.5 Å². The lowest BCUT2D eigenvalue weighted by molar-refractivity contribution is 0.0948. The van der Waals surface area contributed by atoms with Crippen LogP contribution >= 0.6 is 0 Å². The number of carbonyl (C=O) groups is 1. The number of carbonyl (C=O) groups excluding carboxylic acids is 1. The fraction of sp³-hybridized carbons (Fsp3) is 0.412. The first kappa shape index (κ1) is 16.3. The fourth-order valence-electron chi connectivity index (χ4n) is 2.95. The number of methoxy groups -OCH3 is 1. The number of aromatic nitrogens is 2. The highest BCUT2D eigenvalue weighted by Crippen LogP contribution is 2.42. The van der Waals surface area contributed by atoms with Crippen molar-refractivity contribution < 1.29 is 9.53 Å². The van der Waals surface area contributed by atoms with Gasteiger partial charge in [0.05, 0.1) is 5.39 Å². The largest absolute Gasteiger partial charge is 0.385 e. The third-order valence-electron chi connectivity index (χ3n) is 4.57. The molecule has 3 rings (SSSR count). The van der Waals surface area contributed by atoms with Crippen LogP contribution in [0, 0.1) is 5.41 Å². The summed E-state index contributed by atoms with van der Waals surface area (Å²) in [6.07, 6.45) is 5.96. The zero-order valence-corrected chi connectivity index (χ0v) is 13.5. The fourth-order valence-corrected chi connectivity index (χ4v) is 2.95. The minimum Gasteiger partial charge on any atom is -0.385 e. The lowest BCUT2D eigenvalue weighted by Gasteiger charge is -2.38. The van der Waals surface area contributed by atoms with Crippen LogP contribution in [0.15, 0.2) is 34.2 Å². The summed E-state index contributed by atoms with van der Waals surface area (Å²) in [5.74, 6) is -0.445. The average molecular weight is 328 g/mol. The average Bonchev–Trinajstić information content (AvgIpc) is 2.57. The third kappa shape index (κ3) is 3.21. The first-order valence-corrected chi connectivity index (χ1v) is 7.96. The third-order valence-corrected chi connectivity index (χ3v) is 4.57. The molecule has 0 bridgehead atoms. The molecule has 1 aliphatic rings. The van der Waals surface area contributed by atoms with Crippen molar-refractivity contribution >= 4 is 22.9 Å². The Morgan fingerprint density at radius 2 is 2.17 bits per heavy atom. The molecule has 24 heavy (non-hydrogen) atoms. The summed E-state index contributed by atoms with van der Waals surface area (Å²) < 4.78 is 5.14. The smallest absolute Gasteiger partial charge is 0.292 e. The Bertz CT molecular complexity index is 824. The normalized spacial score (nSPS) is 16.2. The summed E-state index contributed by atoms with van der Waals surface area (Å²) in [4.78, 5) is 24.1. The van der Waals surface area contributed by atoms with Crippen LogP contribution in [0.1, 0.15) is 36.2 Å². The number of rotatable bonds is 6. The van der Waals surface area contributed by atoms with E-state index in [4.69, 9.17) is 4.74 Å². The van der Waals surface area contributed by atoms with Gasteiger partial charge in [0, 0.05) is 30.7 Å². The molecule has 1 heterocycles. The maximum atomic E-state index is 12.3. The predicted molar refractivity (Wildman–Crippen MR) is 91.1 cm³/mol. The molecule has 2 N–H and O–H groups in total. The van der Waals surface area contributed by atoms with E-state index < -0.39 is 5.91 Å². The minimum absolute atomic E-state index is 0.0176. The van der Waals surface area contributed by atoms with E-state index in [1.807, 2.05) is 0 Å². The number of fused-ring (bicyclic) bond motifs is 1. The van der Waals surface area contributed by atoms with Gasteiger partial charge in [-0.2, -0.15) is 10.2 Å². The summed E-state index contributed by atoms with van der Waals surface area (Å²) in [5, 5.41) is 11.3. The summed E-state index contributed by atoms with van der Waals surface area (Å²) in [6.45, 7) is 0.673. The second kappa shape index (κ2) is 6.92. The minimum atomic E-state index is -0.445. The molecular formula is C17H20N4O3. The Kier molecular flexibility index (Phi) is 4.71. The van der Waals surface area contributed by atoms with Crippen LogP contribution in [0.25, 0.3) is 10.8 Å². The number of hydrogen-bond donors (Lipinski definition) is 2. The molecule has 0 saturated heterocycles. The van der Waals surface area contributed by atoms with Gasteiger partial charge in [-0.15, -0.1) is 0 Å². The van der Waals surface area contributed by atoms with Crippen LogP contribution in [0.3, 0.4) is 0 Å². The molecule has 0 atom stereocenters. The second-order valence-electron chi connectivity index (χ2n) is 6.10. The molecule has 1 aromatic heterocycles. The van der Waals surface area contributed by atoms with E-state index in [1.54, 1.807) is 37.6 Å². The molecule has 7 nitrogen and oxygen atoms in total. The first-order chi connectivity index (χ1) is 11.7. The highest BCUT2D eigenvalue weighted by molar-refractivity contribution is 6.04. The van der Waals surface area contributed by atoms with Crippen molar-refractivity contribution in [2.75, 3.05) is 13.7 Å². The maximum Gasteiger partial charge on any atom is 0.292 e. The topological polar surface area (TPSA) is 96.4 Å². The van der Waals surface area contributed by atoms with Gasteiger partial charge < -0.3 is 4.74 Å². The van der Waals surface area contributed by atoms with E-state index in [9.17, 15) is 9.59 Å². The van der Waals surface area contributed by atoms with Crippen LogP contribution < -0.4 is 11.0 Å². The van der Waals surface area contributed by atoms with Gasteiger partial charge in [0.1, 0.15) is 0 Å². The quantitative estimate of drug-likeness (QED) is 0.625. The van der Waals surface area contributed by atoms with Crippen molar-refractivity contribution in [2.45, 2.75) is 25.7 Å². The van der Waals surface area contributed by atoms with Gasteiger partial charge in [-0.3, -0.25) is 9.59 Å². The Hall–Kier alpha value is -2.54. The van der Waals surface area contributed by atoms with Crippen LogP contribution in [0.5, 0.6) is 0 Å². The van der Waals surface area contributed by atoms with E-state index in [0.717, 1.165) is 25.7 Å². The Balaban J connectivity index is 1.75. The lowest BCUT2D eigenvalue weighted by atomic mass is 9.68. The van der Waals surface area contributed by atoms with Gasteiger partial charge in [-0.25, -0.2) is 10.5 Å². The number of nitrogens with zero attached hydrogens (tertiary/aromatic N) is 2. The SMILES string of the molecule is COCCC1(/C=N/NC(=O)c2n[nH]c(=O)c3ccccc23)CCC1. The number of ether oxygens (including phenoxy) is 1. The van der Waals surface area contributed by atoms with E-state index in [-0.39, 0.29) is 16.7 Å². The molecule has 1 saturated carbocycles. The first-order valence-electron chi connectivity index (χ1n) is 7.96. The molecule has 0 aliphatic heterocycles. The number of hydrazone groups is 1. The van der Waals surface area contributed by atoms with Crippen molar-refractivity contribution in [1.29, 1.82) is 0 Å². The number of H-pyrrole nitrogens is 1. The molecule has 2 aromatic rings. The molecule has 1 amide bonds. The van der Waals surface area contributed by atoms with Crippen molar-refractivity contribution in [3.8, 4) is 0 Å². The predicted octanol–water partition coefficient (Wildman–Crippen LogP) is 1.85. The van der Waals surface area contributed by atoms with Gasteiger partial charge in [-0.1, -0.05) is 24.6 Å². The molecule has 1 aliphatic carbocycles. The van der Waals surface area contributed by atoms with Crippen molar-refractivity contribution in [1.82, 2.24) is 15.6 Å².